The van der Waals surface area contributed by atoms with Crippen LogP contribution in [0.15, 0.2) is 18.2 Å². The molecule has 2 aliphatic rings. The molecule has 8 heteroatoms. The molecule has 28 heavy (non-hydrogen) atoms. The molecule has 2 saturated heterocycles. The zero-order valence-electron chi connectivity index (χ0n) is 16.7. The molecule has 2 aliphatic heterocycles. The first-order chi connectivity index (χ1) is 13.3. The van der Waals surface area contributed by atoms with Gasteiger partial charge in [-0.1, -0.05) is 24.6 Å². The lowest BCUT2D eigenvalue weighted by Crippen LogP contribution is -2.53. The van der Waals surface area contributed by atoms with Crippen LogP contribution < -0.4 is 4.90 Å². The molecular formula is C20H30ClN3O3S. The quantitative estimate of drug-likeness (QED) is 0.724. The molecule has 0 aromatic heterocycles. The second-order valence-corrected chi connectivity index (χ2v) is 10.3. The molecule has 3 rings (SSSR count). The molecule has 0 radical (unpaired) electrons. The van der Waals surface area contributed by atoms with E-state index in [0.29, 0.717) is 32.6 Å². The maximum atomic E-state index is 13.0. The molecule has 2 heterocycles. The summed E-state index contributed by atoms with van der Waals surface area (Å²) in [4.78, 5) is 17.2. The Labute approximate surface area is 173 Å². The van der Waals surface area contributed by atoms with E-state index in [1.807, 2.05) is 30.0 Å². The van der Waals surface area contributed by atoms with Crippen LogP contribution in [0.25, 0.3) is 0 Å². The fraction of sp³-hybridized carbons (Fsp3) is 0.650. The fourth-order valence-corrected chi connectivity index (χ4v) is 5.89. The van der Waals surface area contributed by atoms with Crippen molar-refractivity contribution in [2.75, 3.05) is 49.9 Å². The van der Waals surface area contributed by atoms with Crippen LogP contribution in [0, 0.1) is 12.8 Å². The highest BCUT2D eigenvalue weighted by Crippen LogP contribution is 2.27. The lowest BCUT2D eigenvalue weighted by molar-refractivity contribution is -0.137. The number of carbonyl (C=O) groups excluding carboxylic acids is 1. The summed E-state index contributed by atoms with van der Waals surface area (Å²) in [6.45, 7) is 7.63. The number of hydrogen-bond donors (Lipinski definition) is 0. The summed E-state index contributed by atoms with van der Waals surface area (Å²) < 4.78 is 26.3. The molecule has 1 unspecified atom stereocenters. The van der Waals surface area contributed by atoms with Crippen molar-refractivity contribution in [3.05, 3.63) is 28.8 Å². The average molecular weight is 428 g/mol. The van der Waals surface area contributed by atoms with Gasteiger partial charge in [-0.3, -0.25) is 4.79 Å². The number of piperidine rings is 1. The summed E-state index contributed by atoms with van der Waals surface area (Å²) in [5.74, 6) is 0.0321. The highest BCUT2D eigenvalue weighted by atomic mass is 35.5. The van der Waals surface area contributed by atoms with Gasteiger partial charge in [-0.2, -0.15) is 0 Å². The predicted molar refractivity (Wildman–Crippen MR) is 113 cm³/mol. The molecule has 156 valence electrons. The molecule has 0 aliphatic carbocycles. The molecular weight excluding hydrogens is 398 g/mol. The van der Waals surface area contributed by atoms with Gasteiger partial charge in [-0.25, -0.2) is 12.7 Å². The number of piperazine rings is 1. The Morgan fingerprint density at radius 2 is 1.89 bits per heavy atom. The Morgan fingerprint density at radius 3 is 2.57 bits per heavy atom. The van der Waals surface area contributed by atoms with E-state index in [1.165, 1.54) is 9.87 Å². The van der Waals surface area contributed by atoms with Gasteiger partial charge in [0.2, 0.25) is 15.9 Å². The van der Waals surface area contributed by atoms with Crippen LogP contribution in [0.4, 0.5) is 5.69 Å². The van der Waals surface area contributed by atoms with E-state index >= 15 is 0 Å². The molecule has 0 N–H and O–H groups in total. The smallest absolute Gasteiger partial charge is 0.227 e. The van der Waals surface area contributed by atoms with E-state index < -0.39 is 10.0 Å². The van der Waals surface area contributed by atoms with Crippen molar-refractivity contribution in [2.24, 2.45) is 5.92 Å². The van der Waals surface area contributed by atoms with E-state index in [2.05, 4.69) is 11.8 Å². The number of amides is 1. The van der Waals surface area contributed by atoms with Crippen molar-refractivity contribution < 1.29 is 13.2 Å². The van der Waals surface area contributed by atoms with Crippen LogP contribution in [0.1, 0.15) is 31.7 Å². The lowest BCUT2D eigenvalue weighted by atomic mass is 9.97. The number of hydrogen-bond acceptors (Lipinski definition) is 4. The Bertz CT molecular complexity index is 807. The number of sulfonamides is 1. The van der Waals surface area contributed by atoms with E-state index in [1.54, 1.807) is 0 Å². The Morgan fingerprint density at radius 1 is 1.18 bits per heavy atom. The first-order valence-corrected chi connectivity index (χ1v) is 12.1. The Kier molecular flexibility index (Phi) is 6.89. The normalized spacial score (nSPS) is 21.8. The first kappa shape index (κ1) is 21.4. The maximum Gasteiger partial charge on any atom is 0.227 e. The van der Waals surface area contributed by atoms with Crippen LogP contribution in [0.3, 0.4) is 0 Å². The van der Waals surface area contributed by atoms with Crippen LogP contribution in [0.2, 0.25) is 5.02 Å². The molecule has 1 amide bonds. The minimum Gasteiger partial charge on any atom is -0.368 e. The van der Waals surface area contributed by atoms with Gasteiger partial charge in [-0.15, -0.1) is 0 Å². The van der Waals surface area contributed by atoms with Crippen molar-refractivity contribution >= 4 is 33.2 Å². The second kappa shape index (κ2) is 9.01. The number of halogens is 1. The van der Waals surface area contributed by atoms with Gasteiger partial charge in [0.25, 0.3) is 0 Å². The van der Waals surface area contributed by atoms with E-state index in [4.69, 9.17) is 11.6 Å². The highest BCUT2D eigenvalue weighted by Gasteiger charge is 2.34. The van der Waals surface area contributed by atoms with Gasteiger partial charge in [0.1, 0.15) is 0 Å². The van der Waals surface area contributed by atoms with Gasteiger partial charge >= 0.3 is 0 Å². The van der Waals surface area contributed by atoms with E-state index in [9.17, 15) is 13.2 Å². The molecule has 1 aromatic rings. The van der Waals surface area contributed by atoms with Gasteiger partial charge in [-0.05, 0) is 43.9 Å². The summed E-state index contributed by atoms with van der Waals surface area (Å²) in [5, 5.41) is 0.717. The van der Waals surface area contributed by atoms with Crippen molar-refractivity contribution in [2.45, 2.75) is 33.1 Å². The Balaban J connectivity index is 1.60. The maximum absolute atomic E-state index is 13.0. The predicted octanol–water partition coefficient (Wildman–Crippen LogP) is 2.75. The van der Waals surface area contributed by atoms with Crippen molar-refractivity contribution in [3.63, 3.8) is 0 Å². The first-order valence-electron chi connectivity index (χ1n) is 10.1. The number of anilines is 1. The van der Waals surface area contributed by atoms with Crippen LogP contribution in [-0.4, -0.2) is 68.6 Å². The third kappa shape index (κ3) is 4.81. The molecule has 2 fully saturated rings. The zero-order valence-corrected chi connectivity index (χ0v) is 18.3. The van der Waals surface area contributed by atoms with Crippen molar-refractivity contribution in [1.29, 1.82) is 0 Å². The van der Waals surface area contributed by atoms with Crippen LogP contribution in [-0.2, 0) is 14.8 Å². The van der Waals surface area contributed by atoms with Gasteiger partial charge in [0.15, 0.2) is 0 Å². The largest absolute Gasteiger partial charge is 0.368 e. The standard InChI is InChI=1S/C20H30ClN3O3S/c1-3-13-28(26,27)24-8-4-5-17(15-24)20(25)23-11-9-22(10-12-23)19-14-18(21)7-6-16(19)2/h6-7,14,17H,3-5,8-13,15H2,1-2H3. The number of rotatable bonds is 5. The minimum absolute atomic E-state index is 0.0962. The molecule has 6 nitrogen and oxygen atoms in total. The molecule has 0 saturated carbocycles. The second-order valence-electron chi connectivity index (χ2n) is 7.76. The highest BCUT2D eigenvalue weighted by molar-refractivity contribution is 7.89. The molecule has 1 atom stereocenters. The Hall–Kier alpha value is -1.31. The van der Waals surface area contributed by atoms with Crippen molar-refractivity contribution in [3.8, 4) is 0 Å². The van der Waals surface area contributed by atoms with Crippen molar-refractivity contribution in [1.82, 2.24) is 9.21 Å². The number of aryl methyl sites for hydroxylation is 1. The molecule has 0 spiro atoms. The SMILES string of the molecule is CCCS(=O)(=O)N1CCCC(C(=O)N2CCN(c3cc(Cl)ccc3C)CC2)C1. The van der Waals surface area contributed by atoms with E-state index in [0.717, 1.165) is 36.6 Å². The monoisotopic (exact) mass is 427 g/mol. The van der Waals surface area contributed by atoms with Gasteiger partial charge < -0.3 is 9.80 Å². The average Bonchev–Trinajstić information content (AvgIpc) is 2.69. The topological polar surface area (TPSA) is 60.9 Å². The number of nitrogens with zero attached hydrogens (tertiary/aromatic N) is 3. The van der Waals surface area contributed by atoms with Crippen LogP contribution >= 0.6 is 11.6 Å². The van der Waals surface area contributed by atoms with Gasteiger partial charge in [0.05, 0.1) is 11.7 Å². The summed E-state index contributed by atoms with van der Waals surface area (Å²) >= 11 is 6.14. The fourth-order valence-electron chi connectivity index (χ4n) is 4.13. The third-order valence-corrected chi connectivity index (χ3v) is 7.97. The molecule has 0 bridgehead atoms. The lowest BCUT2D eigenvalue weighted by Gasteiger charge is -2.40. The summed E-state index contributed by atoms with van der Waals surface area (Å²) in [5.41, 5.74) is 2.29. The summed E-state index contributed by atoms with van der Waals surface area (Å²) in [7, 11) is -3.24. The minimum atomic E-state index is -3.24. The van der Waals surface area contributed by atoms with Crippen LogP contribution in [0.5, 0.6) is 0 Å². The van der Waals surface area contributed by atoms with E-state index in [-0.39, 0.29) is 17.6 Å². The zero-order chi connectivity index (χ0) is 20.3. The summed E-state index contributed by atoms with van der Waals surface area (Å²) in [6.07, 6.45) is 2.12. The summed E-state index contributed by atoms with van der Waals surface area (Å²) in [6, 6.07) is 5.89. The van der Waals surface area contributed by atoms with Gasteiger partial charge in [0, 0.05) is 50.0 Å². The third-order valence-electron chi connectivity index (χ3n) is 5.69. The number of benzene rings is 1. The number of carbonyl (C=O) groups is 1. The molecule has 1 aromatic carbocycles.